The van der Waals surface area contributed by atoms with E-state index in [1.807, 2.05) is 6.07 Å². The molecule has 2 N–H and O–H groups in total. The SMILES string of the molecule is CC(C)C(NC(=O)c1c(F)cccc1F)C(=O)NCCc1cccnc1. The van der Waals surface area contributed by atoms with Gasteiger partial charge < -0.3 is 10.6 Å². The van der Waals surface area contributed by atoms with Crippen LogP contribution in [0, 0.1) is 17.6 Å². The maximum absolute atomic E-state index is 13.7. The van der Waals surface area contributed by atoms with Gasteiger partial charge in [-0.05, 0) is 36.1 Å². The van der Waals surface area contributed by atoms with Crippen LogP contribution in [-0.2, 0) is 11.2 Å². The van der Waals surface area contributed by atoms with Crippen LogP contribution in [0.2, 0.25) is 0 Å². The summed E-state index contributed by atoms with van der Waals surface area (Å²) in [6, 6.07) is 5.95. The number of hydrogen-bond donors (Lipinski definition) is 2. The third-order valence-electron chi connectivity index (χ3n) is 3.86. The number of hydrogen-bond acceptors (Lipinski definition) is 3. The number of nitrogens with one attached hydrogen (secondary N) is 2. The van der Waals surface area contributed by atoms with Crippen molar-refractivity contribution < 1.29 is 18.4 Å². The minimum atomic E-state index is -0.970. The molecule has 0 spiro atoms. The van der Waals surface area contributed by atoms with Crippen LogP contribution in [0.15, 0.2) is 42.7 Å². The summed E-state index contributed by atoms with van der Waals surface area (Å²) in [5, 5.41) is 5.15. The first-order valence-corrected chi connectivity index (χ1v) is 8.31. The fourth-order valence-corrected chi connectivity index (χ4v) is 2.45. The summed E-state index contributed by atoms with van der Waals surface area (Å²) in [4.78, 5) is 28.6. The summed E-state index contributed by atoms with van der Waals surface area (Å²) < 4.78 is 27.5. The van der Waals surface area contributed by atoms with E-state index in [2.05, 4.69) is 15.6 Å². The van der Waals surface area contributed by atoms with Crippen LogP contribution in [0.3, 0.4) is 0 Å². The van der Waals surface area contributed by atoms with E-state index < -0.39 is 35.1 Å². The molecule has 7 heteroatoms. The molecule has 1 unspecified atom stereocenters. The Morgan fingerprint density at radius 1 is 1.12 bits per heavy atom. The van der Waals surface area contributed by atoms with Gasteiger partial charge in [0.2, 0.25) is 5.91 Å². The lowest BCUT2D eigenvalue weighted by Crippen LogP contribution is -2.50. The van der Waals surface area contributed by atoms with Crippen LogP contribution in [0.25, 0.3) is 0 Å². The van der Waals surface area contributed by atoms with Gasteiger partial charge in [-0.3, -0.25) is 14.6 Å². The van der Waals surface area contributed by atoms with Crippen molar-refractivity contribution in [1.82, 2.24) is 15.6 Å². The van der Waals surface area contributed by atoms with Crippen LogP contribution in [0.1, 0.15) is 29.8 Å². The molecule has 0 aliphatic rings. The Kier molecular flexibility index (Phi) is 6.77. The van der Waals surface area contributed by atoms with Gasteiger partial charge in [-0.1, -0.05) is 26.0 Å². The van der Waals surface area contributed by atoms with E-state index in [4.69, 9.17) is 0 Å². The van der Waals surface area contributed by atoms with Crippen LogP contribution in [0.4, 0.5) is 8.78 Å². The lowest BCUT2D eigenvalue weighted by Gasteiger charge is -2.22. The maximum Gasteiger partial charge on any atom is 0.257 e. The van der Waals surface area contributed by atoms with Gasteiger partial charge in [0.15, 0.2) is 0 Å². The number of pyridine rings is 1. The highest BCUT2D eigenvalue weighted by atomic mass is 19.1. The molecule has 0 aliphatic heterocycles. The third kappa shape index (κ3) is 5.08. The molecule has 26 heavy (non-hydrogen) atoms. The summed E-state index contributed by atoms with van der Waals surface area (Å²) in [6.45, 7) is 3.84. The molecule has 1 aromatic heterocycles. The van der Waals surface area contributed by atoms with Gasteiger partial charge in [0.25, 0.3) is 5.91 Å². The van der Waals surface area contributed by atoms with Gasteiger partial charge in [-0.25, -0.2) is 8.78 Å². The largest absolute Gasteiger partial charge is 0.354 e. The van der Waals surface area contributed by atoms with Crippen molar-refractivity contribution in [2.45, 2.75) is 26.3 Å². The Bertz CT molecular complexity index is 746. The first-order chi connectivity index (χ1) is 12.4. The number of rotatable bonds is 7. The van der Waals surface area contributed by atoms with Crippen molar-refractivity contribution in [3.05, 3.63) is 65.5 Å². The summed E-state index contributed by atoms with van der Waals surface area (Å²) in [5.74, 6) is -3.56. The van der Waals surface area contributed by atoms with Crippen molar-refractivity contribution in [1.29, 1.82) is 0 Å². The van der Waals surface area contributed by atoms with E-state index in [1.54, 1.807) is 32.3 Å². The van der Waals surface area contributed by atoms with Crippen LogP contribution >= 0.6 is 0 Å². The standard InChI is InChI=1S/C19H21F2N3O2/c1-12(2)17(19(26)23-10-8-13-5-4-9-22-11-13)24-18(25)16-14(20)6-3-7-15(16)21/h3-7,9,11-12,17H,8,10H2,1-2H3,(H,23,26)(H,24,25). The number of nitrogens with zero attached hydrogens (tertiary/aromatic N) is 1. The van der Waals surface area contributed by atoms with Crippen molar-refractivity contribution in [2.24, 2.45) is 5.92 Å². The highest BCUT2D eigenvalue weighted by Crippen LogP contribution is 2.13. The summed E-state index contributed by atoms with van der Waals surface area (Å²) >= 11 is 0. The van der Waals surface area contributed by atoms with Crippen molar-refractivity contribution in [3.8, 4) is 0 Å². The van der Waals surface area contributed by atoms with Gasteiger partial charge in [0.05, 0.1) is 0 Å². The van der Waals surface area contributed by atoms with Crippen molar-refractivity contribution in [3.63, 3.8) is 0 Å². The van der Waals surface area contributed by atoms with E-state index in [0.29, 0.717) is 13.0 Å². The molecule has 0 saturated heterocycles. The van der Waals surface area contributed by atoms with Crippen LogP contribution in [-0.4, -0.2) is 29.4 Å². The molecular weight excluding hydrogens is 340 g/mol. The maximum atomic E-state index is 13.7. The van der Waals surface area contributed by atoms with Crippen LogP contribution in [0.5, 0.6) is 0 Å². The van der Waals surface area contributed by atoms with E-state index >= 15 is 0 Å². The average molecular weight is 361 g/mol. The number of aromatic nitrogens is 1. The normalized spacial score (nSPS) is 11.9. The molecule has 1 aromatic carbocycles. The summed E-state index contributed by atoms with van der Waals surface area (Å²) in [5.41, 5.74) is 0.271. The Hall–Kier alpha value is -2.83. The molecule has 1 heterocycles. The molecule has 138 valence electrons. The predicted octanol–water partition coefficient (Wildman–Crippen LogP) is 2.47. The van der Waals surface area contributed by atoms with Gasteiger partial charge in [0.1, 0.15) is 23.2 Å². The van der Waals surface area contributed by atoms with Crippen molar-refractivity contribution >= 4 is 11.8 Å². The van der Waals surface area contributed by atoms with Gasteiger partial charge in [-0.2, -0.15) is 0 Å². The third-order valence-corrected chi connectivity index (χ3v) is 3.86. The second kappa shape index (κ2) is 9.03. The minimum Gasteiger partial charge on any atom is -0.354 e. The zero-order chi connectivity index (χ0) is 19.1. The second-order valence-electron chi connectivity index (χ2n) is 6.19. The zero-order valence-corrected chi connectivity index (χ0v) is 14.6. The van der Waals surface area contributed by atoms with Crippen LogP contribution < -0.4 is 10.6 Å². The first-order valence-electron chi connectivity index (χ1n) is 8.31. The molecule has 0 saturated carbocycles. The average Bonchev–Trinajstić information content (AvgIpc) is 2.60. The summed E-state index contributed by atoms with van der Waals surface area (Å²) in [7, 11) is 0. The highest BCUT2D eigenvalue weighted by Gasteiger charge is 2.27. The molecular formula is C19H21F2N3O2. The fraction of sp³-hybridized carbons (Fsp3) is 0.316. The topological polar surface area (TPSA) is 71.1 Å². The Balaban J connectivity index is 1.99. The zero-order valence-electron chi connectivity index (χ0n) is 14.6. The number of carbonyl (C=O) groups excluding carboxylic acids is 2. The molecule has 2 aromatic rings. The molecule has 0 fully saturated rings. The lowest BCUT2D eigenvalue weighted by atomic mass is 10.0. The Labute approximate surface area is 150 Å². The number of amides is 2. The van der Waals surface area contributed by atoms with Gasteiger partial charge in [0, 0.05) is 18.9 Å². The smallest absolute Gasteiger partial charge is 0.257 e. The minimum absolute atomic E-state index is 0.257. The second-order valence-corrected chi connectivity index (χ2v) is 6.19. The molecule has 5 nitrogen and oxygen atoms in total. The Morgan fingerprint density at radius 2 is 1.81 bits per heavy atom. The molecule has 0 bridgehead atoms. The molecule has 2 amide bonds. The first kappa shape index (κ1) is 19.5. The molecule has 0 aliphatic carbocycles. The van der Waals surface area contributed by atoms with E-state index in [1.165, 1.54) is 6.07 Å². The van der Waals surface area contributed by atoms with Gasteiger partial charge >= 0.3 is 0 Å². The quantitative estimate of drug-likeness (QED) is 0.796. The highest BCUT2D eigenvalue weighted by molar-refractivity contribution is 5.98. The number of halogens is 2. The van der Waals surface area contributed by atoms with Gasteiger partial charge in [-0.15, -0.1) is 0 Å². The summed E-state index contributed by atoms with van der Waals surface area (Å²) in [6.07, 6.45) is 3.95. The molecule has 0 radical (unpaired) electrons. The molecule has 2 rings (SSSR count). The number of carbonyl (C=O) groups is 2. The Morgan fingerprint density at radius 3 is 2.38 bits per heavy atom. The van der Waals surface area contributed by atoms with E-state index in [9.17, 15) is 18.4 Å². The van der Waals surface area contributed by atoms with Crippen molar-refractivity contribution in [2.75, 3.05) is 6.54 Å². The monoisotopic (exact) mass is 361 g/mol. The lowest BCUT2D eigenvalue weighted by molar-refractivity contribution is -0.123. The fourth-order valence-electron chi connectivity index (χ4n) is 2.45. The van der Waals surface area contributed by atoms with E-state index in [-0.39, 0.29) is 5.92 Å². The predicted molar refractivity (Wildman–Crippen MR) is 93.4 cm³/mol. The molecule has 1 atom stereocenters. The number of benzene rings is 1. The van der Waals surface area contributed by atoms with E-state index in [0.717, 1.165) is 17.7 Å².